The topological polar surface area (TPSA) is 50.8 Å². The van der Waals surface area contributed by atoms with Gasteiger partial charge in [0.2, 0.25) is 5.91 Å². The van der Waals surface area contributed by atoms with E-state index in [0.29, 0.717) is 38.3 Å². The number of nitrogens with one attached hydrogen (secondary N) is 1. The van der Waals surface area contributed by atoms with Crippen molar-refractivity contribution < 1.29 is 18.7 Å². The van der Waals surface area contributed by atoms with E-state index in [2.05, 4.69) is 10.2 Å². The van der Waals surface area contributed by atoms with Gasteiger partial charge in [-0.15, -0.1) is 0 Å². The second-order valence-corrected chi connectivity index (χ2v) is 7.33. The minimum Gasteiger partial charge on any atom is -0.492 e. The third-order valence-corrected chi connectivity index (χ3v) is 5.10. The second kappa shape index (κ2) is 9.17. The third-order valence-electron chi connectivity index (χ3n) is 5.10. The Labute approximate surface area is 165 Å². The third kappa shape index (κ3) is 4.88. The average Bonchev–Trinajstić information content (AvgIpc) is 2.70. The molecule has 5 nitrogen and oxygen atoms in total. The highest BCUT2D eigenvalue weighted by Crippen LogP contribution is 2.36. The lowest BCUT2D eigenvalue weighted by Crippen LogP contribution is -2.44. The van der Waals surface area contributed by atoms with E-state index in [1.807, 2.05) is 38.4 Å². The molecule has 3 rings (SSSR count). The van der Waals surface area contributed by atoms with Crippen LogP contribution in [0.5, 0.6) is 5.75 Å². The molecular formula is C22H27FN2O3. The fraction of sp³-hybridized carbons (Fsp3) is 0.409. The molecule has 1 amide bonds. The van der Waals surface area contributed by atoms with Crippen LogP contribution in [-0.2, 0) is 14.9 Å². The van der Waals surface area contributed by atoms with Crippen molar-refractivity contribution in [1.82, 2.24) is 4.90 Å². The predicted octanol–water partition coefficient (Wildman–Crippen LogP) is 3.45. The van der Waals surface area contributed by atoms with Gasteiger partial charge in [-0.2, -0.15) is 0 Å². The number of nitrogens with zero attached hydrogens (tertiary/aromatic N) is 1. The van der Waals surface area contributed by atoms with Crippen molar-refractivity contribution in [2.24, 2.45) is 0 Å². The maximum Gasteiger partial charge on any atom is 0.235 e. The van der Waals surface area contributed by atoms with Crippen LogP contribution >= 0.6 is 0 Å². The number of benzene rings is 2. The lowest BCUT2D eigenvalue weighted by Gasteiger charge is -2.36. The molecule has 1 aliphatic rings. The maximum atomic E-state index is 13.4. The van der Waals surface area contributed by atoms with Crippen molar-refractivity contribution in [3.63, 3.8) is 0 Å². The second-order valence-electron chi connectivity index (χ2n) is 7.33. The van der Waals surface area contributed by atoms with Crippen molar-refractivity contribution in [2.45, 2.75) is 18.3 Å². The smallest absolute Gasteiger partial charge is 0.235 e. The van der Waals surface area contributed by atoms with E-state index in [4.69, 9.17) is 9.47 Å². The van der Waals surface area contributed by atoms with Gasteiger partial charge in [-0.3, -0.25) is 4.79 Å². The van der Waals surface area contributed by atoms with Gasteiger partial charge in [-0.25, -0.2) is 4.39 Å². The monoisotopic (exact) mass is 386 g/mol. The highest BCUT2D eigenvalue weighted by atomic mass is 19.1. The minimum absolute atomic E-state index is 0.0938. The van der Waals surface area contributed by atoms with Crippen LogP contribution in [0.4, 0.5) is 10.1 Å². The molecule has 1 fully saturated rings. The number of halogens is 1. The number of likely N-dealkylation sites (N-methyl/N-ethyl adjacent to an activating group) is 1. The summed E-state index contributed by atoms with van der Waals surface area (Å²) in [6, 6.07) is 13.6. The minimum atomic E-state index is -0.715. The van der Waals surface area contributed by atoms with Crippen molar-refractivity contribution in [2.75, 3.05) is 45.8 Å². The van der Waals surface area contributed by atoms with E-state index in [0.717, 1.165) is 17.9 Å². The fourth-order valence-corrected chi connectivity index (χ4v) is 3.37. The molecule has 0 spiro atoms. The molecular weight excluding hydrogens is 359 g/mol. The van der Waals surface area contributed by atoms with Gasteiger partial charge >= 0.3 is 0 Å². The van der Waals surface area contributed by atoms with Crippen molar-refractivity contribution >= 4 is 11.6 Å². The number of carbonyl (C=O) groups is 1. The zero-order valence-corrected chi connectivity index (χ0v) is 16.4. The molecule has 2 aromatic rings. The summed E-state index contributed by atoms with van der Waals surface area (Å²) >= 11 is 0. The lowest BCUT2D eigenvalue weighted by atomic mass is 9.73. The average molecular weight is 386 g/mol. The Bertz CT molecular complexity index is 769. The maximum absolute atomic E-state index is 13.4. The molecule has 1 saturated heterocycles. The van der Waals surface area contributed by atoms with Gasteiger partial charge in [0.1, 0.15) is 18.2 Å². The number of hydrogen-bond acceptors (Lipinski definition) is 4. The summed E-state index contributed by atoms with van der Waals surface area (Å²) in [7, 11) is 3.99. The first-order chi connectivity index (χ1) is 13.5. The summed E-state index contributed by atoms with van der Waals surface area (Å²) < 4.78 is 24.5. The van der Waals surface area contributed by atoms with E-state index >= 15 is 0 Å². The van der Waals surface area contributed by atoms with Gasteiger partial charge in [0.05, 0.1) is 5.41 Å². The van der Waals surface area contributed by atoms with Gasteiger partial charge in [-0.05, 0) is 68.9 Å². The Hall–Kier alpha value is -2.44. The van der Waals surface area contributed by atoms with Crippen LogP contribution in [0.2, 0.25) is 0 Å². The van der Waals surface area contributed by atoms with Gasteiger partial charge in [0.15, 0.2) is 0 Å². The number of rotatable bonds is 7. The zero-order chi connectivity index (χ0) is 20.0. The number of carbonyl (C=O) groups excluding carboxylic acids is 1. The summed E-state index contributed by atoms with van der Waals surface area (Å²) in [5.74, 6) is 0.360. The Morgan fingerprint density at radius 3 is 2.36 bits per heavy atom. The molecule has 0 aliphatic carbocycles. The van der Waals surface area contributed by atoms with E-state index in [1.165, 1.54) is 12.1 Å². The van der Waals surface area contributed by atoms with Gasteiger partial charge < -0.3 is 19.7 Å². The SMILES string of the molecule is CN(C)CCOc1ccc(NC(=O)C2(c3ccc(F)cc3)CCOCC2)cc1. The van der Waals surface area contributed by atoms with Gasteiger partial charge in [0, 0.05) is 25.4 Å². The molecule has 0 atom stereocenters. The largest absolute Gasteiger partial charge is 0.492 e. The normalized spacial score (nSPS) is 16.0. The summed E-state index contributed by atoms with van der Waals surface area (Å²) in [6.07, 6.45) is 1.13. The summed E-state index contributed by atoms with van der Waals surface area (Å²) in [4.78, 5) is 15.3. The Morgan fingerprint density at radius 2 is 1.75 bits per heavy atom. The number of hydrogen-bond donors (Lipinski definition) is 1. The quantitative estimate of drug-likeness (QED) is 0.792. The first-order valence-electron chi connectivity index (χ1n) is 9.52. The van der Waals surface area contributed by atoms with Crippen molar-refractivity contribution in [3.05, 3.63) is 59.9 Å². The van der Waals surface area contributed by atoms with Crippen LogP contribution in [0, 0.1) is 5.82 Å². The summed E-state index contributed by atoms with van der Waals surface area (Å²) in [6.45, 7) is 2.44. The van der Waals surface area contributed by atoms with E-state index in [9.17, 15) is 9.18 Å². The fourth-order valence-electron chi connectivity index (χ4n) is 3.37. The van der Waals surface area contributed by atoms with Crippen LogP contribution in [0.15, 0.2) is 48.5 Å². The number of amides is 1. The first-order valence-corrected chi connectivity index (χ1v) is 9.52. The van der Waals surface area contributed by atoms with Crippen LogP contribution in [0.3, 0.4) is 0 Å². The first kappa shape index (κ1) is 20.3. The molecule has 2 aromatic carbocycles. The van der Waals surface area contributed by atoms with Crippen LogP contribution in [0.1, 0.15) is 18.4 Å². The molecule has 0 unspecified atom stereocenters. The Morgan fingerprint density at radius 1 is 1.11 bits per heavy atom. The summed E-state index contributed by atoms with van der Waals surface area (Å²) in [5.41, 5.74) is 0.809. The molecule has 0 radical (unpaired) electrons. The molecule has 28 heavy (non-hydrogen) atoms. The summed E-state index contributed by atoms with van der Waals surface area (Å²) in [5, 5.41) is 3.02. The van der Waals surface area contributed by atoms with Gasteiger partial charge in [0.25, 0.3) is 0 Å². The molecule has 150 valence electrons. The highest BCUT2D eigenvalue weighted by molar-refractivity contribution is 5.99. The molecule has 0 saturated carbocycles. The van der Waals surface area contributed by atoms with Crippen molar-refractivity contribution in [1.29, 1.82) is 0 Å². The van der Waals surface area contributed by atoms with E-state index in [1.54, 1.807) is 12.1 Å². The molecule has 6 heteroatoms. The van der Waals surface area contributed by atoms with Crippen LogP contribution in [0.25, 0.3) is 0 Å². The predicted molar refractivity (Wildman–Crippen MR) is 107 cm³/mol. The van der Waals surface area contributed by atoms with Gasteiger partial charge in [-0.1, -0.05) is 12.1 Å². The van der Waals surface area contributed by atoms with E-state index in [-0.39, 0.29) is 11.7 Å². The molecule has 0 aromatic heterocycles. The molecule has 1 aliphatic heterocycles. The molecule has 0 bridgehead atoms. The Kier molecular flexibility index (Phi) is 6.65. The Balaban J connectivity index is 1.71. The van der Waals surface area contributed by atoms with Crippen LogP contribution < -0.4 is 10.1 Å². The molecule has 1 N–H and O–H groups in total. The van der Waals surface area contributed by atoms with Crippen molar-refractivity contribution in [3.8, 4) is 5.75 Å². The number of ether oxygens (including phenoxy) is 2. The van der Waals surface area contributed by atoms with Crippen LogP contribution in [-0.4, -0.2) is 51.3 Å². The molecule has 1 heterocycles. The lowest BCUT2D eigenvalue weighted by molar-refractivity contribution is -0.125. The number of anilines is 1. The zero-order valence-electron chi connectivity index (χ0n) is 16.4. The highest BCUT2D eigenvalue weighted by Gasteiger charge is 2.41. The van der Waals surface area contributed by atoms with E-state index < -0.39 is 5.41 Å². The standard InChI is InChI=1S/C22H27FN2O3/c1-25(2)13-16-28-20-9-7-19(8-10-20)24-21(26)22(11-14-27-15-12-22)17-3-5-18(23)6-4-17/h3-10H,11-16H2,1-2H3,(H,24,26).